The lowest BCUT2D eigenvalue weighted by Crippen LogP contribution is -2.52. The number of amides is 4. The maximum atomic E-state index is 12.6. The maximum absolute atomic E-state index is 12.6. The zero-order valence-electron chi connectivity index (χ0n) is 17.1. The molecule has 1 aliphatic carbocycles. The van der Waals surface area contributed by atoms with E-state index in [0.717, 1.165) is 25.7 Å². The van der Waals surface area contributed by atoms with Crippen molar-refractivity contribution in [3.05, 3.63) is 0 Å². The Labute approximate surface area is 172 Å². The van der Waals surface area contributed by atoms with Crippen LogP contribution in [0, 0.1) is 0 Å². The molecule has 2 saturated heterocycles. The first-order valence-corrected chi connectivity index (χ1v) is 12.3. The summed E-state index contributed by atoms with van der Waals surface area (Å²) in [5, 5.41) is 5.64. The van der Waals surface area contributed by atoms with Gasteiger partial charge in [-0.1, -0.05) is 26.2 Å². The van der Waals surface area contributed by atoms with Crippen LogP contribution in [-0.4, -0.2) is 72.4 Å². The lowest BCUT2D eigenvalue weighted by molar-refractivity contribution is -0.131. The predicted octanol–water partition coefficient (Wildman–Crippen LogP) is 0.952. The van der Waals surface area contributed by atoms with Crippen LogP contribution < -0.4 is 10.6 Å². The fourth-order valence-corrected chi connectivity index (χ4v) is 6.39. The zero-order valence-corrected chi connectivity index (χ0v) is 17.9. The smallest absolute Gasteiger partial charge is 0.325 e. The van der Waals surface area contributed by atoms with Gasteiger partial charge in [-0.3, -0.25) is 14.5 Å². The summed E-state index contributed by atoms with van der Waals surface area (Å²) in [7, 11) is -3.43. The van der Waals surface area contributed by atoms with Gasteiger partial charge in [0.1, 0.15) is 11.6 Å². The van der Waals surface area contributed by atoms with Gasteiger partial charge < -0.3 is 10.6 Å². The SMILES string of the molecule is CCCS(=O)(=O)N1CCCC[C@@H]1C(=O)NCCCN1C(=O)NC2(CCCC2)C1=O. The molecule has 0 radical (unpaired) electrons. The Morgan fingerprint density at radius 3 is 2.62 bits per heavy atom. The first-order chi connectivity index (χ1) is 13.8. The van der Waals surface area contributed by atoms with Gasteiger partial charge in [0.2, 0.25) is 15.9 Å². The second-order valence-corrected chi connectivity index (χ2v) is 10.3. The number of nitrogens with one attached hydrogen (secondary N) is 2. The van der Waals surface area contributed by atoms with Gasteiger partial charge in [-0.2, -0.15) is 4.31 Å². The van der Waals surface area contributed by atoms with Crippen LogP contribution >= 0.6 is 0 Å². The van der Waals surface area contributed by atoms with E-state index in [1.54, 1.807) is 0 Å². The van der Waals surface area contributed by atoms with Gasteiger partial charge in [-0.15, -0.1) is 0 Å². The standard InChI is InChI=1S/C19H32N4O5S/c1-2-14-29(27,28)23-13-6-3-8-15(23)16(24)20-11-7-12-22-17(25)19(21-18(22)26)9-4-5-10-19/h15H,2-14H2,1H3,(H,20,24)(H,21,26)/t15-/m1/s1. The Hall–Kier alpha value is -1.68. The van der Waals surface area contributed by atoms with Gasteiger partial charge in [0.05, 0.1) is 5.75 Å². The summed E-state index contributed by atoms with van der Waals surface area (Å²) in [4.78, 5) is 38.6. The fraction of sp³-hybridized carbons (Fsp3) is 0.842. The highest BCUT2D eigenvalue weighted by molar-refractivity contribution is 7.89. The molecule has 0 bridgehead atoms. The summed E-state index contributed by atoms with van der Waals surface area (Å²) < 4.78 is 26.3. The second-order valence-electron chi connectivity index (χ2n) is 8.26. The third-order valence-electron chi connectivity index (χ3n) is 6.14. The van der Waals surface area contributed by atoms with Crippen molar-refractivity contribution in [2.45, 2.75) is 76.3 Å². The summed E-state index contributed by atoms with van der Waals surface area (Å²) in [6.45, 7) is 2.73. The molecule has 3 aliphatic rings. The van der Waals surface area contributed by atoms with Crippen LogP contribution in [0.5, 0.6) is 0 Å². The number of sulfonamides is 1. The number of rotatable bonds is 8. The first-order valence-electron chi connectivity index (χ1n) is 10.7. The molecule has 0 aromatic heterocycles. The molecule has 2 heterocycles. The molecule has 164 valence electrons. The van der Waals surface area contributed by atoms with E-state index in [9.17, 15) is 22.8 Å². The molecule has 3 fully saturated rings. The Balaban J connectivity index is 1.49. The summed E-state index contributed by atoms with van der Waals surface area (Å²) in [6.07, 6.45) is 6.31. The number of carbonyl (C=O) groups excluding carboxylic acids is 3. The minimum atomic E-state index is -3.43. The number of hydrogen-bond donors (Lipinski definition) is 2. The van der Waals surface area contributed by atoms with Gasteiger partial charge in [-0.05, 0) is 38.5 Å². The molecule has 4 amide bonds. The van der Waals surface area contributed by atoms with Gasteiger partial charge in [-0.25, -0.2) is 13.2 Å². The maximum Gasteiger partial charge on any atom is 0.325 e. The lowest BCUT2D eigenvalue weighted by atomic mass is 9.98. The number of piperidine rings is 1. The molecule has 0 unspecified atom stereocenters. The van der Waals surface area contributed by atoms with Crippen molar-refractivity contribution in [3.8, 4) is 0 Å². The highest BCUT2D eigenvalue weighted by Gasteiger charge is 2.52. The van der Waals surface area contributed by atoms with Crippen molar-refractivity contribution in [2.24, 2.45) is 0 Å². The van der Waals surface area contributed by atoms with Crippen molar-refractivity contribution in [2.75, 3.05) is 25.4 Å². The van der Waals surface area contributed by atoms with E-state index in [2.05, 4.69) is 10.6 Å². The normalized spacial score (nSPS) is 24.9. The molecule has 0 aromatic carbocycles. The van der Waals surface area contributed by atoms with E-state index < -0.39 is 21.6 Å². The quantitative estimate of drug-likeness (QED) is 0.441. The third kappa shape index (κ3) is 4.58. The number of nitrogens with zero attached hydrogens (tertiary/aromatic N) is 2. The summed E-state index contributed by atoms with van der Waals surface area (Å²) in [5.41, 5.74) is -0.712. The molecule has 1 saturated carbocycles. The van der Waals surface area contributed by atoms with E-state index in [1.165, 1.54) is 9.21 Å². The van der Waals surface area contributed by atoms with Gasteiger partial charge in [0.15, 0.2) is 0 Å². The Bertz CT molecular complexity index is 748. The van der Waals surface area contributed by atoms with E-state index in [1.807, 2.05) is 6.92 Å². The third-order valence-corrected chi connectivity index (χ3v) is 8.21. The van der Waals surface area contributed by atoms with Gasteiger partial charge in [0, 0.05) is 19.6 Å². The minimum absolute atomic E-state index is 0.0463. The van der Waals surface area contributed by atoms with E-state index in [4.69, 9.17) is 0 Å². The molecular weight excluding hydrogens is 396 g/mol. The molecule has 1 atom stereocenters. The van der Waals surface area contributed by atoms with Crippen LogP contribution in [0.3, 0.4) is 0 Å². The second kappa shape index (κ2) is 8.99. The van der Waals surface area contributed by atoms with E-state index in [0.29, 0.717) is 45.2 Å². The molecular formula is C19H32N4O5S. The topological polar surface area (TPSA) is 116 Å². The average molecular weight is 429 g/mol. The van der Waals surface area contributed by atoms with E-state index >= 15 is 0 Å². The van der Waals surface area contributed by atoms with Gasteiger partial charge in [0.25, 0.3) is 5.91 Å². The Morgan fingerprint density at radius 1 is 1.21 bits per heavy atom. The van der Waals surface area contributed by atoms with Crippen molar-refractivity contribution in [1.29, 1.82) is 0 Å². The number of carbonyl (C=O) groups is 3. The molecule has 2 N–H and O–H groups in total. The molecule has 29 heavy (non-hydrogen) atoms. The minimum Gasteiger partial charge on any atom is -0.355 e. The summed E-state index contributed by atoms with van der Waals surface area (Å²) in [5.74, 6) is -0.408. The van der Waals surface area contributed by atoms with E-state index in [-0.39, 0.29) is 30.1 Å². The molecule has 10 heteroatoms. The predicted molar refractivity (Wildman–Crippen MR) is 107 cm³/mol. The zero-order chi connectivity index (χ0) is 21.1. The van der Waals surface area contributed by atoms with Crippen LogP contribution in [0.25, 0.3) is 0 Å². The lowest BCUT2D eigenvalue weighted by Gasteiger charge is -2.33. The number of urea groups is 1. The van der Waals surface area contributed by atoms with Crippen molar-refractivity contribution in [3.63, 3.8) is 0 Å². The molecule has 0 aromatic rings. The highest BCUT2D eigenvalue weighted by atomic mass is 32.2. The van der Waals surface area contributed by atoms with Crippen LogP contribution in [0.4, 0.5) is 4.79 Å². The van der Waals surface area contributed by atoms with Crippen LogP contribution in [-0.2, 0) is 19.6 Å². The summed E-state index contributed by atoms with van der Waals surface area (Å²) >= 11 is 0. The monoisotopic (exact) mass is 428 g/mol. The average Bonchev–Trinajstić information content (AvgIpc) is 3.25. The highest BCUT2D eigenvalue weighted by Crippen LogP contribution is 2.35. The van der Waals surface area contributed by atoms with Crippen LogP contribution in [0.15, 0.2) is 0 Å². The van der Waals surface area contributed by atoms with Crippen LogP contribution in [0.1, 0.15) is 64.7 Å². The Kier molecular flexibility index (Phi) is 6.83. The van der Waals surface area contributed by atoms with Crippen molar-refractivity contribution >= 4 is 27.9 Å². The first kappa shape index (κ1) is 22.0. The van der Waals surface area contributed by atoms with Crippen LogP contribution in [0.2, 0.25) is 0 Å². The van der Waals surface area contributed by atoms with Crippen molar-refractivity contribution in [1.82, 2.24) is 19.8 Å². The number of imide groups is 1. The molecule has 2 aliphatic heterocycles. The molecule has 3 rings (SSSR count). The number of hydrogen-bond acceptors (Lipinski definition) is 5. The fourth-order valence-electron chi connectivity index (χ4n) is 4.64. The van der Waals surface area contributed by atoms with Crippen molar-refractivity contribution < 1.29 is 22.8 Å². The molecule has 9 nitrogen and oxygen atoms in total. The summed E-state index contributed by atoms with van der Waals surface area (Å²) in [6, 6.07) is -1.02. The van der Waals surface area contributed by atoms with Gasteiger partial charge >= 0.3 is 6.03 Å². The molecule has 1 spiro atoms. The Morgan fingerprint density at radius 2 is 1.93 bits per heavy atom. The largest absolute Gasteiger partial charge is 0.355 e.